The average molecular weight is 717 g/mol. The van der Waals surface area contributed by atoms with Crippen molar-refractivity contribution in [1.82, 2.24) is 0 Å². The summed E-state index contributed by atoms with van der Waals surface area (Å²) in [6, 6.07) is 21.2. The number of anilines is 4. The zero-order valence-corrected chi connectivity index (χ0v) is 31.1. The molecule has 0 bridgehead atoms. The third-order valence-corrected chi connectivity index (χ3v) is 10.1. The number of carbonyl (C=O) groups is 2. The molecule has 52 heavy (non-hydrogen) atoms. The molecule has 10 nitrogen and oxygen atoms in total. The lowest BCUT2D eigenvalue weighted by Crippen LogP contribution is -2.71. The molecule has 0 atom stereocenters. The molecule has 2 aliphatic rings. The number of hydrogen-bond acceptors (Lipinski definition) is 7. The first-order chi connectivity index (χ1) is 24.5. The van der Waals surface area contributed by atoms with Crippen LogP contribution in [-0.2, 0) is 19.7 Å². The number of amides is 2. The van der Waals surface area contributed by atoms with Gasteiger partial charge in [-0.15, -0.1) is 0 Å². The van der Waals surface area contributed by atoms with Crippen molar-refractivity contribution >= 4 is 61.3 Å². The standard InChI is InChI=1S/C41H40N4O6S/c1-21-17-23(3)40(25(5)38(21)42-27(7)46)44-29-13-15-31-34(19-29)51-35-20-30(45-41-24(4)18-22(2)39(26(41)6)43-28(8)47)14-16-32(35)37(31)33-11-9-10-12-36(33)52(48,49)50/h9-20,44H,1-8H3,(H,42,46)(H,43,47)(H,48,49,50). The minimum absolute atomic E-state index is 0.167. The van der Waals surface area contributed by atoms with Crippen molar-refractivity contribution in [3.05, 3.63) is 112 Å². The van der Waals surface area contributed by atoms with Crippen molar-refractivity contribution in [1.29, 1.82) is 0 Å². The largest absolute Gasteiger partial charge is 0.744 e. The zero-order chi connectivity index (χ0) is 37.6. The van der Waals surface area contributed by atoms with Gasteiger partial charge < -0.3 is 24.9 Å². The molecule has 0 spiro atoms. The van der Waals surface area contributed by atoms with E-state index in [1.165, 1.54) is 26.0 Å². The van der Waals surface area contributed by atoms with Gasteiger partial charge >= 0.3 is 0 Å². The van der Waals surface area contributed by atoms with Gasteiger partial charge in [0.2, 0.25) is 22.9 Å². The summed E-state index contributed by atoms with van der Waals surface area (Å²) >= 11 is 0. The van der Waals surface area contributed by atoms with Gasteiger partial charge in [-0.2, -0.15) is 0 Å². The highest BCUT2D eigenvalue weighted by atomic mass is 32.2. The summed E-state index contributed by atoms with van der Waals surface area (Å²) in [6.07, 6.45) is 0. The van der Waals surface area contributed by atoms with Gasteiger partial charge in [0.25, 0.3) is 0 Å². The lowest BCUT2D eigenvalue weighted by molar-refractivity contribution is -0.403. The highest BCUT2D eigenvalue weighted by molar-refractivity contribution is 7.85. The van der Waals surface area contributed by atoms with E-state index in [-0.39, 0.29) is 22.3 Å². The molecule has 0 radical (unpaired) electrons. The molecule has 0 saturated heterocycles. The Hall–Kier alpha value is -5.78. The maximum absolute atomic E-state index is 12.5. The number of carbonyl (C=O) groups excluding carboxylic acids is 2. The molecule has 6 rings (SSSR count). The normalized spacial score (nSPS) is 12.0. The summed E-state index contributed by atoms with van der Waals surface area (Å²) in [5, 5.41) is 10.7. The van der Waals surface area contributed by atoms with Crippen molar-refractivity contribution in [2.24, 2.45) is 0 Å². The van der Waals surface area contributed by atoms with E-state index in [0.717, 1.165) is 56.1 Å². The van der Waals surface area contributed by atoms with E-state index in [2.05, 4.69) is 20.9 Å². The third-order valence-electron chi connectivity index (χ3n) is 9.23. The molecule has 0 fully saturated rings. The van der Waals surface area contributed by atoms with Crippen LogP contribution in [0.25, 0.3) is 33.4 Å². The van der Waals surface area contributed by atoms with Gasteiger partial charge in [-0.25, -0.2) is 13.4 Å². The summed E-state index contributed by atoms with van der Waals surface area (Å²) in [7, 11) is -4.83. The van der Waals surface area contributed by atoms with Crippen LogP contribution in [-0.4, -0.2) is 24.8 Å². The lowest BCUT2D eigenvalue weighted by atomic mass is 9.93. The summed E-state index contributed by atoms with van der Waals surface area (Å²) < 4.78 is 44.2. The molecule has 0 aromatic heterocycles. The first kappa shape index (κ1) is 36.0. The maximum Gasteiger partial charge on any atom is 0.221 e. The fraction of sp³-hybridized carbons (Fsp3) is 0.195. The molecule has 266 valence electrons. The number of fused-ring (bicyclic) bond motifs is 2. The summed E-state index contributed by atoms with van der Waals surface area (Å²) in [4.78, 5) is 27.1. The van der Waals surface area contributed by atoms with Gasteiger partial charge in [0, 0.05) is 76.2 Å². The molecule has 0 saturated carbocycles. The van der Waals surface area contributed by atoms with E-state index in [1.807, 2.05) is 90.1 Å². The Labute approximate surface area is 302 Å². The second-order valence-corrected chi connectivity index (χ2v) is 14.6. The number of rotatable bonds is 7. The van der Waals surface area contributed by atoms with E-state index in [9.17, 15) is 22.6 Å². The van der Waals surface area contributed by atoms with Gasteiger partial charge in [0.1, 0.15) is 21.5 Å². The van der Waals surface area contributed by atoms with Crippen LogP contribution in [0.3, 0.4) is 0 Å². The number of aryl methyl sites for hydroxylation is 4. The Balaban J connectivity index is 1.60. The maximum atomic E-state index is 12.5. The van der Waals surface area contributed by atoms with Gasteiger partial charge in [-0.3, -0.25) is 9.59 Å². The van der Waals surface area contributed by atoms with Crippen molar-refractivity contribution in [3.63, 3.8) is 0 Å². The van der Waals surface area contributed by atoms with Crippen LogP contribution >= 0.6 is 0 Å². The monoisotopic (exact) mass is 716 g/mol. The van der Waals surface area contributed by atoms with E-state index < -0.39 is 10.1 Å². The van der Waals surface area contributed by atoms with Crippen LogP contribution in [0.4, 0.5) is 28.4 Å². The average Bonchev–Trinajstić information content (AvgIpc) is 3.07. The van der Waals surface area contributed by atoms with Crippen molar-refractivity contribution < 1.29 is 32.0 Å². The third kappa shape index (κ3) is 6.92. The molecule has 2 amide bonds. The Morgan fingerprint density at radius 3 is 1.96 bits per heavy atom. The smallest absolute Gasteiger partial charge is 0.221 e. The molecule has 4 aromatic carbocycles. The highest BCUT2D eigenvalue weighted by Crippen LogP contribution is 2.43. The minimum atomic E-state index is -4.83. The molecule has 1 aliphatic heterocycles. The molecule has 1 heterocycles. The Bertz CT molecular complexity index is 2610. The van der Waals surface area contributed by atoms with Crippen LogP contribution in [0, 0.1) is 41.5 Å². The number of benzene rings is 5. The topological polar surface area (TPSA) is 155 Å². The van der Waals surface area contributed by atoms with Crippen molar-refractivity contribution in [3.8, 4) is 22.5 Å². The quantitative estimate of drug-likeness (QED) is 0.103. The first-order valence-electron chi connectivity index (χ1n) is 16.7. The Morgan fingerprint density at radius 2 is 1.31 bits per heavy atom. The van der Waals surface area contributed by atoms with Crippen LogP contribution in [0.1, 0.15) is 47.2 Å². The first-order valence-corrected chi connectivity index (χ1v) is 18.1. The van der Waals surface area contributed by atoms with Crippen LogP contribution in [0.5, 0.6) is 0 Å². The predicted molar refractivity (Wildman–Crippen MR) is 203 cm³/mol. The number of hydrogen-bond donors (Lipinski definition) is 4. The molecule has 0 unspecified atom stereocenters. The molecule has 11 heteroatoms. The zero-order valence-electron chi connectivity index (χ0n) is 30.3. The van der Waals surface area contributed by atoms with Gasteiger partial charge in [-0.05, 0) is 94.1 Å². The van der Waals surface area contributed by atoms with E-state index >= 15 is 0 Å². The van der Waals surface area contributed by atoms with Gasteiger partial charge in [-0.1, -0.05) is 24.3 Å². The summed E-state index contributed by atoms with van der Waals surface area (Å²) in [6.45, 7) is 14.7. The van der Waals surface area contributed by atoms with Crippen LogP contribution in [0.2, 0.25) is 0 Å². The van der Waals surface area contributed by atoms with Crippen molar-refractivity contribution in [2.45, 2.75) is 60.3 Å². The molecule has 4 aromatic rings. The van der Waals surface area contributed by atoms with Gasteiger partial charge in [0.15, 0.2) is 0 Å². The number of nitrogens with one attached hydrogen (secondary N) is 4. The molecular weight excluding hydrogens is 677 g/mol. The van der Waals surface area contributed by atoms with Crippen LogP contribution < -0.4 is 26.3 Å². The van der Waals surface area contributed by atoms with E-state index in [1.54, 1.807) is 12.1 Å². The predicted octanol–water partition coefficient (Wildman–Crippen LogP) is 6.93. The van der Waals surface area contributed by atoms with Crippen molar-refractivity contribution in [2.75, 3.05) is 16.0 Å². The SMILES string of the molecule is CC(=O)Nc1c(C)cc(C)c(Nc2ccc3c(-c4ccccc4S(=O)(=O)[O-])c4ccc(=[NH+]c5c(C)cc(C)c(NC(C)=O)c5C)cc-4oc3c2)c1C. The lowest BCUT2D eigenvalue weighted by Gasteiger charge is -2.21. The molecule has 4 N–H and O–H groups in total. The fourth-order valence-electron chi connectivity index (χ4n) is 7.01. The summed E-state index contributed by atoms with van der Waals surface area (Å²) in [5.41, 5.74) is 11.3. The van der Waals surface area contributed by atoms with Crippen LogP contribution in [0.15, 0.2) is 82.1 Å². The second-order valence-electron chi connectivity index (χ2n) is 13.2. The molecule has 1 aliphatic carbocycles. The molecular formula is C41H40N4O6S. The highest BCUT2D eigenvalue weighted by Gasteiger charge is 2.23. The Morgan fingerprint density at radius 1 is 0.692 bits per heavy atom. The fourth-order valence-corrected chi connectivity index (χ4v) is 7.69. The van der Waals surface area contributed by atoms with Gasteiger partial charge in [0.05, 0.1) is 16.6 Å². The van der Waals surface area contributed by atoms with E-state index in [0.29, 0.717) is 38.9 Å². The summed E-state index contributed by atoms with van der Waals surface area (Å²) in [5.74, 6) is 0.114. The van der Waals surface area contributed by atoms with E-state index in [4.69, 9.17) is 4.42 Å². The second kappa shape index (κ2) is 13.7. The minimum Gasteiger partial charge on any atom is -0.744 e. The Kier molecular flexibility index (Phi) is 9.52.